The minimum Gasteiger partial charge on any atom is -0.505 e. The molecule has 0 saturated heterocycles. The van der Waals surface area contributed by atoms with Crippen molar-refractivity contribution in [3.8, 4) is 5.75 Å². The maximum Gasteiger partial charge on any atom is 0.165 e. The van der Waals surface area contributed by atoms with E-state index >= 15 is 0 Å². The fourth-order valence-corrected chi connectivity index (χ4v) is 2.18. The Morgan fingerprint density at radius 3 is 2.62 bits per heavy atom. The predicted molar refractivity (Wildman–Crippen MR) is 84.1 cm³/mol. The van der Waals surface area contributed by atoms with Gasteiger partial charge in [-0.1, -0.05) is 30.3 Å². The Morgan fingerprint density at radius 1 is 1.10 bits per heavy atom. The molecule has 2 rings (SSSR count). The lowest BCUT2D eigenvalue weighted by atomic mass is 10.2. The molecule has 2 aromatic rings. The van der Waals surface area contributed by atoms with Crippen LogP contribution in [0.4, 0.5) is 10.1 Å². The molecule has 0 aromatic heterocycles. The van der Waals surface area contributed by atoms with Crippen molar-refractivity contribution in [3.05, 3.63) is 59.9 Å². The quantitative estimate of drug-likeness (QED) is 0.768. The molecule has 0 aliphatic heterocycles. The third-order valence-corrected chi connectivity index (χ3v) is 3.43. The van der Waals surface area contributed by atoms with Crippen LogP contribution in [0.2, 0.25) is 0 Å². The first-order valence-electron chi connectivity index (χ1n) is 7.11. The van der Waals surface area contributed by atoms with Crippen molar-refractivity contribution in [3.63, 3.8) is 0 Å². The molecule has 0 unspecified atom stereocenters. The van der Waals surface area contributed by atoms with Gasteiger partial charge in [0.1, 0.15) is 0 Å². The first kappa shape index (κ1) is 15.3. The summed E-state index contributed by atoms with van der Waals surface area (Å²) in [6, 6.07) is 14.8. The number of aromatic hydroxyl groups is 1. The topological polar surface area (TPSA) is 35.5 Å². The zero-order chi connectivity index (χ0) is 15.1. The van der Waals surface area contributed by atoms with E-state index in [1.807, 2.05) is 18.2 Å². The first-order chi connectivity index (χ1) is 10.2. The van der Waals surface area contributed by atoms with Crippen LogP contribution in [0, 0.1) is 5.82 Å². The van der Waals surface area contributed by atoms with Gasteiger partial charge < -0.3 is 15.3 Å². The van der Waals surface area contributed by atoms with Crippen LogP contribution in [0.1, 0.15) is 12.0 Å². The highest BCUT2D eigenvalue weighted by molar-refractivity contribution is 5.44. The minimum absolute atomic E-state index is 0.258. The second-order valence-corrected chi connectivity index (χ2v) is 5.04. The normalized spacial score (nSPS) is 10.6. The maximum absolute atomic E-state index is 13.2. The number of hydrogen-bond acceptors (Lipinski definition) is 3. The summed E-state index contributed by atoms with van der Waals surface area (Å²) in [5.41, 5.74) is 1.78. The van der Waals surface area contributed by atoms with E-state index in [4.69, 9.17) is 0 Å². The molecule has 2 aromatic carbocycles. The second kappa shape index (κ2) is 7.64. The number of para-hydroxylation sites is 2. The van der Waals surface area contributed by atoms with Crippen molar-refractivity contribution in [2.45, 2.75) is 13.0 Å². The Hall–Kier alpha value is -2.07. The van der Waals surface area contributed by atoms with Gasteiger partial charge in [0.05, 0.1) is 0 Å². The van der Waals surface area contributed by atoms with E-state index in [1.165, 1.54) is 11.8 Å². The van der Waals surface area contributed by atoms with Crippen LogP contribution in [0.15, 0.2) is 48.5 Å². The Labute approximate surface area is 125 Å². The smallest absolute Gasteiger partial charge is 0.165 e. The van der Waals surface area contributed by atoms with Crippen LogP contribution >= 0.6 is 0 Å². The van der Waals surface area contributed by atoms with Crippen molar-refractivity contribution < 1.29 is 9.50 Å². The van der Waals surface area contributed by atoms with Gasteiger partial charge in [0.15, 0.2) is 11.6 Å². The van der Waals surface area contributed by atoms with Crippen molar-refractivity contribution in [1.82, 2.24) is 5.32 Å². The molecule has 21 heavy (non-hydrogen) atoms. The number of anilines is 1. The van der Waals surface area contributed by atoms with E-state index < -0.39 is 5.82 Å². The molecule has 0 heterocycles. The van der Waals surface area contributed by atoms with Crippen LogP contribution in [-0.2, 0) is 6.54 Å². The fraction of sp³-hybridized carbons (Fsp3) is 0.294. The van der Waals surface area contributed by atoms with E-state index in [0.29, 0.717) is 12.1 Å². The van der Waals surface area contributed by atoms with E-state index in [0.717, 1.165) is 19.5 Å². The van der Waals surface area contributed by atoms with Crippen molar-refractivity contribution in [1.29, 1.82) is 0 Å². The molecule has 0 spiro atoms. The van der Waals surface area contributed by atoms with Crippen LogP contribution in [0.25, 0.3) is 0 Å². The molecule has 2 N–H and O–H groups in total. The molecule has 0 amide bonds. The molecule has 0 atom stereocenters. The standard InChI is InChI=1S/C17H21FN2O/c1-20(15-8-3-2-4-9-15)12-6-11-19-13-14-7-5-10-16(18)17(14)21/h2-5,7-10,19,21H,6,11-13H2,1H3. The summed E-state index contributed by atoms with van der Waals surface area (Å²) in [6.07, 6.45) is 0.974. The summed E-state index contributed by atoms with van der Waals surface area (Å²) in [5, 5.41) is 12.8. The van der Waals surface area contributed by atoms with Gasteiger partial charge in [0.2, 0.25) is 0 Å². The van der Waals surface area contributed by atoms with E-state index in [2.05, 4.69) is 29.4 Å². The lowest BCUT2D eigenvalue weighted by Crippen LogP contribution is -2.23. The van der Waals surface area contributed by atoms with Gasteiger partial charge >= 0.3 is 0 Å². The number of hydrogen-bond donors (Lipinski definition) is 2. The summed E-state index contributed by atoms with van der Waals surface area (Å²) >= 11 is 0. The summed E-state index contributed by atoms with van der Waals surface area (Å²) < 4.78 is 13.2. The van der Waals surface area contributed by atoms with Gasteiger partial charge in [-0.15, -0.1) is 0 Å². The van der Waals surface area contributed by atoms with Gasteiger partial charge in [0, 0.05) is 31.4 Å². The van der Waals surface area contributed by atoms with Crippen molar-refractivity contribution >= 4 is 5.69 Å². The van der Waals surface area contributed by atoms with Gasteiger partial charge in [-0.3, -0.25) is 0 Å². The predicted octanol–water partition coefficient (Wildman–Crippen LogP) is 3.15. The number of phenols is 1. The summed E-state index contributed by atoms with van der Waals surface area (Å²) in [7, 11) is 2.06. The lowest BCUT2D eigenvalue weighted by molar-refractivity contribution is 0.423. The summed E-state index contributed by atoms with van der Waals surface area (Å²) in [6.45, 7) is 2.22. The SMILES string of the molecule is CN(CCCNCc1cccc(F)c1O)c1ccccc1. The molecule has 4 heteroatoms. The third-order valence-electron chi connectivity index (χ3n) is 3.43. The molecule has 0 bridgehead atoms. The zero-order valence-electron chi connectivity index (χ0n) is 12.2. The van der Waals surface area contributed by atoms with Crippen LogP contribution in [0.3, 0.4) is 0 Å². The number of rotatable bonds is 7. The highest BCUT2D eigenvalue weighted by Gasteiger charge is 2.05. The summed E-state index contributed by atoms with van der Waals surface area (Å²) in [5.74, 6) is -0.829. The first-order valence-corrected chi connectivity index (χ1v) is 7.11. The molecule has 112 valence electrons. The highest BCUT2D eigenvalue weighted by Crippen LogP contribution is 2.20. The van der Waals surface area contributed by atoms with Crippen molar-refractivity contribution in [2.75, 3.05) is 25.0 Å². The highest BCUT2D eigenvalue weighted by atomic mass is 19.1. The van der Waals surface area contributed by atoms with Crippen LogP contribution in [0.5, 0.6) is 5.75 Å². The average molecular weight is 288 g/mol. The molecule has 0 radical (unpaired) electrons. The van der Waals surface area contributed by atoms with E-state index in [9.17, 15) is 9.50 Å². The van der Waals surface area contributed by atoms with Crippen LogP contribution < -0.4 is 10.2 Å². The average Bonchev–Trinajstić information content (AvgIpc) is 2.51. The fourth-order valence-electron chi connectivity index (χ4n) is 2.18. The Balaban J connectivity index is 1.70. The molecule has 0 fully saturated rings. The third kappa shape index (κ3) is 4.46. The molecule has 3 nitrogen and oxygen atoms in total. The molecule has 0 saturated carbocycles. The Kier molecular flexibility index (Phi) is 5.58. The van der Waals surface area contributed by atoms with E-state index in [-0.39, 0.29) is 5.75 Å². The van der Waals surface area contributed by atoms with Crippen molar-refractivity contribution in [2.24, 2.45) is 0 Å². The second-order valence-electron chi connectivity index (χ2n) is 5.04. The van der Waals surface area contributed by atoms with Gasteiger partial charge in [-0.2, -0.15) is 0 Å². The van der Waals surface area contributed by atoms with Gasteiger partial charge in [0.25, 0.3) is 0 Å². The molecular weight excluding hydrogens is 267 g/mol. The van der Waals surface area contributed by atoms with Gasteiger partial charge in [-0.05, 0) is 31.2 Å². The van der Waals surface area contributed by atoms with Crippen LogP contribution in [-0.4, -0.2) is 25.2 Å². The Morgan fingerprint density at radius 2 is 1.86 bits per heavy atom. The maximum atomic E-state index is 13.2. The Bertz CT molecular complexity index is 560. The minimum atomic E-state index is -0.571. The largest absolute Gasteiger partial charge is 0.505 e. The molecular formula is C17H21FN2O. The lowest BCUT2D eigenvalue weighted by Gasteiger charge is -2.19. The van der Waals surface area contributed by atoms with E-state index in [1.54, 1.807) is 12.1 Å². The number of nitrogens with one attached hydrogen (secondary N) is 1. The zero-order valence-corrected chi connectivity index (χ0v) is 12.2. The number of benzene rings is 2. The summed E-state index contributed by atoms with van der Waals surface area (Å²) in [4.78, 5) is 2.20. The number of halogens is 1. The number of nitrogens with zero attached hydrogens (tertiary/aromatic N) is 1. The molecule has 0 aliphatic carbocycles. The monoisotopic (exact) mass is 288 g/mol. The number of phenolic OH excluding ortho intramolecular Hbond substituents is 1. The van der Waals surface area contributed by atoms with Gasteiger partial charge in [-0.25, -0.2) is 4.39 Å². The molecule has 0 aliphatic rings.